The van der Waals surface area contributed by atoms with Crippen LogP contribution in [0.4, 0.5) is 0 Å². The molecular formula is C26H20I3O2+. The van der Waals surface area contributed by atoms with E-state index in [4.69, 9.17) is 9.47 Å². The summed E-state index contributed by atoms with van der Waals surface area (Å²) in [7, 11) is 0. The van der Waals surface area contributed by atoms with E-state index in [0.717, 1.165) is 22.6 Å². The van der Waals surface area contributed by atoms with Gasteiger partial charge in [-0.2, -0.15) is 0 Å². The zero-order valence-corrected chi connectivity index (χ0v) is 23.1. The van der Waals surface area contributed by atoms with E-state index in [1.54, 1.807) is 0 Å². The van der Waals surface area contributed by atoms with Crippen LogP contribution in [-0.4, -0.2) is 0 Å². The van der Waals surface area contributed by atoms with E-state index in [0.29, 0.717) is 13.2 Å². The molecule has 156 valence electrons. The van der Waals surface area contributed by atoms with E-state index in [9.17, 15) is 0 Å². The molecule has 0 aliphatic heterocycles. The zero-order chi connectivity index (χ0) is 21.5. The average molecular weight is 745 g/mol. The molecule has 31 heavy (non-hydrogen) atoms. The van der Waals surface area contributed by atoms with Gasteiger partial charge in [0.15, 0.2) is 3.57 Å². The van der Waals surface area contributed by atoms with Crippen molar-refractivity contribution >= 4 is 45.2 Å². The lowest BCUT2D eigenvalue weighted by Crippen LogP contribution is -3.61. The third-order valence-corrected chi connectivity index (χ3v) is 8.46. The number of benzene rings is 4. The Kier molecular flexibility index (Phi) is 8.48. The van der Waals surface area contributed by atoms with E-state index < -0.39 is 0 Å². The molecule has 0 N–H and O–H groups in total. The molecule has 5 heteroatoms. The fraction of sp³-hybridized carbons (Fsp3) is 0.0769. The molecule has 4 aromatic carbocycles. The lowest BCUT2D eigenvalue weighted by Gasteiger charge is -2.10. The van der Waals surface area contributed by atoms with Gasteiger partial charge < -0.3 is 9.47 Å². The highest BCUT2D eigenvalue weighted by Gasteiger charge is 2.18. The minimum absolute atomic E-state index is 0.309. The maximum atomic E-state index is 6.15. The van der Waals surface area contributed by atoms with Crippen molar-refractivity contribution in [3.05, 3.63) is 122 Å². The topological polar surface area (TPSA) is 18.5 Å². The van der Waals surface area contributed by atoms with Crippen molar-refractivity contribution in [3.8, 4) is 11.5 Å². The molecule has 4 aromatic rings. The molecule has 0 aliphatic carbocycles. The lowest BCUT2D eigenvalue weighted by atomic mass is 10.2. The highest BCUT2D eigenvalue weighted by atomic mass is 127. The summed E-state index contributed by atoms with van der Waals surface area (Å²) in [5.74, 6) is 1.70. The van der Waals surface area contributed by atoms with Gasteiger partial charge >= 0.3 is 21.2 Å². The average Bonchev–Trinajstić information content (AvgIpc) is 2.79. The SMILES string of the molecule is Ic1ccc(COc2cc(OCc3ccc(I)cc3)cc([I+]c3ccccc3)c2)cc1. The molecule has 0 fully saturated rings. The molecular weight excluding hydrogens is 725 g/mol. The molecule has 0 aliphatic rings. The maximum Gasteiger partial charge on any atom is 0.358 e. The molecule has 0 amide bonds. The smallest absolute Gasteiger partial charge is 0.358 e. The van der Waals surface area contributed by atoms with Crippen molar-refractivity contribution < 1.29 is 30.7 Å². The molecule has 0 saturated heterocycles. The number of halogens is 3. The van der Waals surface area contributed by atoms with Gasteiger partial charge in [0.1, 0.15) is 24.7 Å². The Morgan fingerprint density at radius 3 is 1.52 bits per heavy atom. The van der Waals surface area contributed by atoms with Crippen molar-refractivity contribution in [1.82, 2.24) is 0 Å². The van der Waals surface area contributed by atoms with Gasteiger partial charge in [0, 0.05) is 25.3 Å². The minimum Gasteiger partial charge on any atom is -0.489 e. The van der Waals surface area contributed by atoms with Crippen molar-refractivity contribution in [3.63, 3.8) is 0 Å². The van der Waals surface area contributed by atoms with E-state index in [-0.39, 0.29) is 21.2 Å². The second-order valence-corrected chi connectivity index (χ2v) is 12.4. The Hall–Kier alpha value is -1.33. The molecule has 0 bridgehead atoms. The second kappa shape index (κ2) is 11.5. The summed E-state index contributed by atoms with van der Waals surface area (Å²) in [5, 5.41) is 0. The number of ether oxygens (including phenoxy) is 2. The van der Waals surface area contributed by atoms with Gasteiger partial charge in [0.25, 0.3) is 0 Å². The van der Waals surface area contributed by atoms with Crippen LogP contribution in [0, 0.1) is 14.3 Å². The third-order valence-electron chi connectivity index (χ3n) is 4.43. The van der Waals surface area contributed by atoms with Gasteiger partial charge in [0.2, 0.25) is 3.57 Å². The van der Waals surface area contributed by atoms with Crippen LogP contribution in [0.3, 0.4) is 0 Å². The van der Waals surface area contributed by atoms with Gasteiger partial charge in [-0.25, -0.2) is 0 Å². The van der Waals surface area contributed by atoms with E-state index in [2.05, 4.69) is 136 Å². The zero-order valence-electron chi connectivity index (χ0n) is 16.6. The molecule has 0 spiro atoms. The second-order valence-electron chi connectivity index (χ2n) is 6.84. The third kappa shape index (κ3) is 7.35. The highest BCUT2D eigenvalue weighted by Crippen LogP contribution is 2.22. The summed E-state index contributed by atoms with van der Waals surface area (Å²) in [6.45, 7) is 1.08. The summed E-state index contributed by atoms with van der Waals surface area (Å²) in [4.78, 5) is 0. The van der Waals surface area contributed by atoms with Crippen LogP contribution in [0.15, 0.2) is 97.1 Å². The Morgan fingerprint density at radius 1 is 0.548 bits per heavy atom. The van der Waals surface area contributed by atoms with E-state index >= 15 is 0 Å². The summed E-state index contributed by atoms with van der Waals surface area (Å²) in [6.07, 6.45) is 0. The number of hydrogen-bond donors (Lipinski definition) is 0. The first kappa shape index (κ1) is 22.8. The van der Waals surface area contributed by atoms with Crippen LogP contribution in [0.5, 0.6) is 11.5 Å². The quantitative estimate of drug-likeness (QED) is 0.253. The standard InChI is InChI=1S/C26H20I3O2/c27-21-10-6-19(7-11-21)17-30-25-14-24(29-23-4-2-1-3-5-23)15-26(16-25)31-18-20-8-12-22(28)13-9-20/h1-16H,17-18H2/q+1. The maximum absolute atomic E-state index is 6.15. The van der Waals surface area contributed by atoms with Crippen molar-refractivity contribution in [2.45, 2.75) is 13.2 Å². The Balaban J connectivity index is 1.52. The predicted molar refractivity (Wildman–Crippen MR) is 137 cm³/mol. The first-order valence-corrected chi connectivity index (χ1v) is 14.0. The van der Waals surface area contributed by atoms with E-state index in [1.807, 2.05) is 6.07 Å². The fourth-order valence-electron chi connectivity index (χ4n) is 2.86. The van der Waals surface area contributed by atoms with Gasteiger partial charge in [-0.3, -0.25) is 0 Å². The van der Waals surface area contributed by atoms with Gasteiger partial charge in [0.05, 0.1) is 0 Å². The fourth-order valence-corrected chi connectivity index (χ4v) is 5.99. The highest BCUT2D eigenvalue weighted by molar-refractivity contribution is 14.1. The van der Waals surface area contributed by atoms with Crippen LogP contribution in [0.25, 0.3) is 0 Å². The normalized spacial score (nSPS) is 10.6. The summed E-state index contributed by atoms with van der Waals surface area (Å²) in [5.41, 5.74) is 2.31. The first-order valence-electron chi connectivity index (χ1n) is 9.73. The van der Waals surface area contributed by atoms with Gasteiger partial charge in [-0.05, 0) is 92.7 Å². The summed E-state index contributed by atoms with van der Waals surface area (Å²) >= 11 is 4.33. The lowest BCUT2D eigenvalue weighted by molar-refractivity contribution is -0.597. The van der Waals surface area contributed by atoms with Crippen molar-refractivity contribution in [2.24, 2.45) is 0 Å². The van der Waals surface area contributed by atoms with Gasteiger partial charge in [-0.15, -0.1) is 0 Å². The van der Waals surface area contributed by atoms with Crippen LogP contribution >= 0.6 is 45.2 Å². The van der Waals surface area contributed by atoms with Crippen molar-refractivity contribution in [1.29, 1.82) is 0 Å². The monoisotopic (exact) mass is 745 g/mol. The molecule has 0 unspecified atom stereocenters. The van der Waals surface area contributed by atoms with Gasteiger partial charge in [-0.1, -0.05) is 42.5 Å². The van der Waals surface area contributed by atoms with Crippen molar-refractivity contribution in [2.75, 3.05) is 0 Å². The van der Waals surface area contributed by atoms with Crippen LogP contribution < -0.4 is 30.7 Å². The molecule has 0 atom stereocenters. The molecule has 4 rings (SSSR count). The van der Waals surface area contributed by atoms with E-state index in [1.165, 1.54) is 14.3 Å². The molecule has 0 saturated carbocycles. The number of rotatable bonds is 8. The molecule has 0 aromatic heterocycles. The van der Waals surface area contributed by atoms with Crippen LogP contribution in [0.1, 0.15) is 11.1 Å². The Labute approximate surface area is 220 Å². The van der Waals surface area contributed by atoms with Crippen LogP contribution in [-0.2, 0) is 13.2 Å². The molecule has 2 nitrogen and oxygen atoms in total. The Morgan fingerprint density at radius 2 is 1.03 bits per heavy atom. The predicted octanol–water partition coefficient (Wildman–Crippen LogP) is 4.18. The molecule has 0 radical (unpaired) electrons. The largest absolute Gasteiger partial charge is 0.489 e. The Bertz CT molecular complexity index is 1040. The summed E-state index contributed by atoms with van der Waals surface area (Å²) in [6, 6.07) is 33.8. The minimum atomic E-state index is -0.309. The molecule has 0 heterocycles. The first-order chi connectivity index (χ1) is 15.1. The van der Waals surface area contributed by atoms with Crippen LogP contribution in [0.2, 0.25) is 0 Å². The number of hydrogen-bond acceptors (Lipinski definition) is 2. The summed E-state index contributed by atoms with van der Waals surface area (Å²) < 4.78 is 17.4.